The van der Waals surface area contributed by atoms with Gasteiger partial charge in [0.05, 0.1) is 5.75 Å². The lowest BCUT2D eigenvalue weighted by Gasteiger charge is -2.22. The van der Waals surface area contributed by atoms with Crippen LogP contribution in [0.5, 0.6) is 0 Å². The maximum atomic E-state index is 11.3. The van der Waals surface area contributed by atoms with E-state index >= 15 is 0 Å². The molecule has 1 saturated carbocycles. The monoisotopic (exact) mass is 293 g/mol. The molecule has 1 fully saturated rings. The molecule has 0 bridgehead atoms. The van der Waals surface area contributed by atoms with E-state index in [1.54, 1.807) is 6.92 Å². The van der Waals surface area contributed by atoms with Crippen LogP contribution in [0, 0.1) is 0 Å². The van der Waals surface area contributed by atoms with Crippen LogP contribution < -0.4 is 5.73 Å². The number of nitrogens with two attached hydrogens (primary N) is 1. The van der Waals surface area contributed by atoms with Gasteiger partial charge in [-0.25, -0.2) is 8.42 Å². The summed E-state index contributed by atoms with van der Waals surface area (Å²) in [5.74, 6) is 1.53. The van der Waals surface area contributed by atoms with Gasteiger partial charge >= 0.3 is 0 Å². The highest BCUT2D eigenvalue weighted by Crippen LogP contribution is 2.28. The molecule has 0 aliphatic heterocycles. The van der Waals surface area contributed by atoms with Crippen molar-refractivity contribution in [1.82, 2.24) is 0 Å². The van der Waals surface area contributed by atoms with E-state index in [0.29, 0.717) is 12.2 Å². The molecule has 0 aromatic carbocycles. The third-order valence-corrected chi connectivity index (χ3v) is 6.92. The Balaban J connectivity index is 2.08. The number of hydrogen-bond acceptors (Lipinski definition) is 4. The molecular formula is C13H27NO2S2. The fourth-order valence-corrected chi connectivity index (χ4v) is 4.53. The molecule has 0 saturated heterocycles. The summed E-state index contributed by atoms with van der Waals surface area (Å²) in [5, 5.41) is 0.796. The Kier molecular flexibility index (Phi) is 7.64. The Bertz CT molecular complexity index is 311. The minimum absolute atomic E-state index is 0.156. The Morgan fingerprint density at radius 3 is 2.56 bits per heavy atom. The van der Waals surface area contributed by atoms with Crippen LogP contribution in [-0.2, 0) is 9.84 Å². The van der Waals surface area contributed by atoms with Gasteiger partial charge in [-0.15, -0.1) is 0 Å². The fourth-order valence-electron chi connectivity index (χ4n) is 2.28. The van der Waals surface area contributed by atoms with Gasteiger partial charge in [-0.1, -0.05) is 26.2 Å². The molecule has 0 amide bonds. The maximum Gasteiger partial charge on any atom is 0.150 e. The summed E-state index contributed by atoms with van der Waals surface area (Å²) >= 11 is 1.99. The molecule has 1 aliphatic carbocycles. The Hall–Kier alpha value is 0.260. The molecule has 2 N–H and O–H groups in total. The van der Waals surface area contributed by atoms with Crippen LogP contribution in [0.2, 0.25) is 0 Å². The lowest BCUT2D eigenvalue weighted by Crippen LogP contribution is -2.25. The summed E-state index contributed by atoms with van der Waals surface area (Å²) in [4.78, 5) is 0. The van der Waals surface area contributed by atoms with Crippen molar-refractivity contribution in [2.75, 3.05) is 17.3 Å². The molecule has 1 rings (SSSR count). The molecule has 0 spiro atoms. The Labute approximate surface area is 116 Å². The first-order valence-electron chi connectivity index (χ1n) is 7.11. The highest BCUT2D eigenvalue weighted by atomic mass is 32.2. The number of sulfone groups is 1. The number of thioether (sulfide) groups is 1. The molecule has 18 heavy (non-hydrogen) atoms. The van der Waals surface area contributed by atoms with Crippen molar-refractivity contribution in [3.05, 3.63) is 0 Å². The predicted octanol–water partition coefficient (Wildman–Crippen LogP) is 2.59. The van der Waals surface area contributed by atoms with Gasteiger partial charge in [0.1, 0.15) is 9.84 Å². The van der Waals surface area contributed by atoms with Crippen molar-refractivity contribution in [2.45, 2.75) is 63.2 Å². The van der Waals surface area contributed by atoms with Gasteiger partial charge in [0.25, 0.3) is 0 Å². The zero-order chi connectivity index (χ0) is 13.4. The van der Waals surface area contributed by atoms with E-state index in [4.69, 9.17) is 5.73 Å². The van der Waals surface area contributed by atoms with E-state index < -0.39 is 9.84 Å². The molecule has 1 unspecified atom stereocenters. The SMILES string of the molecule is CCS(=O)(=O)CCCC(N)CSC1CCCCC1. The van der Waals surface area contributed by atoms with E-state index in [9.17, 15) is 8.42 Å². The molecule has 5 heteroatoms. The van der Waals surface area contributed by atoms with Crippen LogP contribution in [0.25, 0.3) is 0 Å². The van der Waals surface area contributed by atoms with Crippen LogP contribution in [-0.4, -0.2) is 37.0 Å². The number of hydrogen-bond donors (Lipinski definition) is 1. The minimum Gasteiger partial charge on any atom is -0.327 e. The molecule has 0 heterocycles. The summed E-state index contributed by atoms with van der Waals surface area (Å²) in [6, 6.07) is 0.156. The van der Waals surface area contributed by atoms with E-state index in [-0.39, 0.29) is 11.8 Å². The number of rotatable bonds is 8. The Morgan fingerprint density at radius 1 is 1.28 bits per heavy atom. The van der Waals surface area contributed by atoms with Crippen LogP contribution in [0.3, 0.4) is 0 Å². The largest absolute Gasteiger partial charge is 0.327 e. The van der Waals surface area contributed by atoms with Gasteiger partial charge in [0, 0.05) is 22.8 Å². The highest BCUT2D eigenvalue weighted by Gasteiger charge is 2.15. The van der Waals surface area contributed by atoms with Gasteiger partial charge in [0.15, 0.2) is 0 Å². The first-order valence-corrected chi connectivity index (χ1v) is 9.98. The molecule has 108 valence electrons. The molecule has 1 aliphatic rings. The first kappa shape index (κ1) is 16.3. The predicted molar refractivity (Wildman–Crippen MR) is 80.9 cm³/mol. The maximum absolute atomic E-state index is 11.3. The second-order valence-corrected chi connectivity index (χ2v) is 9.04. The van der Waals surface area contributed by atoms with Crippen LogP contribution in [0.1, 0.15) is 51.9 Å². The summed E-state index contributed by atoms with van der Waals surface area (Å²) < 4.78 is 22.7. The first-order chi connectivity index (χ1) is 8.53. The standard InChI is InChI=1S/C13H27NO2S2/c1-2-18(15,16)10-6-7-12(14)11-17-13-8-4-3-5-9-13/h12-13H,2-11,14H2,1H3. The molecule has 3 nitrogen and oxygen atoms in total. The summed E-state index contributed by atoms with van der Waals surface area (Å²) in [6.07, 6.45) is 8.33. The molecule has 0 aromatic heterocycles. The average Bonchev–Trinajstić information content (AvgIpc) is 2.37. The topological polar surface area (TPSA) is 60.2 Å². The third kappa shape index (κ3) is 7.00. The normalized spacial score (nSPS) is 19.9. The zero-order valence-corrected chi connectivity index (χ0v) is 13.1. The summed E-state index contributed by atoms with van der Waals surface area (Å²) in [7, 11) is -2.81. The zero-order valence-electron chi connectivity index (χ0n) is 11.4. The quantitative estimate of drug-likeness (QED) is 0.747. The molecular weight excluding hydrogens is 266 g/mol. The van der Waals surface area contributed by atoms with Gasteiger partial charge in [-0.2, -0.15) is 11.8 Å². The fraction of sp³-hybridized carbons (Fsp3) is 1.00. The van der Waals surface area contributed by atoms with Crippen molar-refractivity contribution >= 4 is 21.6 Å². The van der Waals surface area contributed by atoms with Gasteiger partial charge in [0.2, 0.25) is 0 Å². The summed E-state index contributed by atoms with van der Waals surface area (Å²) in [5.41, 5.74) is 6.05. The van der Waals surface area contributed by atoms with Crippen molar-refractivity contribution < 1.29 is 8.42 Å². The highest BCUT2D eigenvalue weighted by molar-refractivity contribution is 7.99. The second kappa shape index (κ2) is 8.43. The average molecular weight is 293 g/mol. The van der Waals surface area contributed by atoms with Crippen molar-refractivity contribution in [3.63, 3.8) is 0 Å². The van der Waals surface area contributed by atoms with E-state index in [1.165, 1.54) is 32.1 Å². The van der Waals surface area contributed by atoms with Crippen LogP contribution >= 0.6 is 11.8 Å². The van der Waals surface area contributed by atoms with Crippen molar-refractivity contribution in [2.24, 2.45) is 5.73 Å². The van der Waals surface area contributed by atoms with E-state index in [2.05, 4.69) is 0 Å². The molecule has 1 atom stereocenters. The lowest BCUT2D eigenvalue weighted by atomic mass is 10.0. The van der Waals surface area contributed by atoms with Gasteiger partial charge in [-0.05, 0) is 25.7 Å². The Morgan fingerprint density at radius 2 is 1.94 bits per heavy atom. The molecule has 0 radical (unpaired) electrons. The van der Waals surface area contributed by atoms with Crippen LogP contribution in [0.15, 0.2) is 0 Å². The van der Waals surface area contributed by atoms with E-state index in [1.807, 2.05) is 11.8 Å². The van der Waals surface area contributed by atoms with Crippen molar-refractivity contribution in [1.29, 1.82) is 0 Å². The van der Waals surface area contributed by atoms with Gasteiger partial charge < -0.3 is 5.73 Å². The minimum atomic E-state index is -2.81. The van der Waals surface area contributed by atoms with Gasteiger partial charge in [-0.3, -0.25) is 0 Å². The van der Waals surface area contributed by atoms with Crippen LogP contribution in [0.4, 0.5) is 0 Å². The smallest absolute Gasteiger partial charge is 0.150 e. The molecule has 0 aromatic rings. The van der Waals surface area contributed by atoms with Crippen molar-refractivity contribution in [3.8, 4) is 0 Å². The summed E-state index contributed by atoms with van der Waals surface area (Å²) in [6.45, 7) is 1.70. The second-order valence-electron chi connectivity index (χ2n) is 5.23. The third-order valence-electron chi connectivity index (χ3n) is 3.57. The lowest BCUT2D eigenvalue weighted by molar-refractivity contribution is 0.515. The van der Waals surface area contributed by atoms with E-state index in [0.717, 1.165) is 17.4 Å².